The summed E-state index contributed by atoms with van der Waals surface area (Å²) in [4.78, 5) is 11.6. The molecule has 1 saturated heterocycles. The normalized spacial score (nSPS) is 17.7. The Labute approximate surface area is 137 Å². The van der Waals surface area contributed by atoms with Gasteiger partial charge in [-0.05, 0) is 18.9 Å². The number of rotatable bonds is 7. The van der Waals surface area contributed by atoms with Crippen LogP contribution in [0.4, 0.5) is 5.82 Å². The Kier molecular flexibility index (Phi) is 5.20. The van der Waals surface area contributed by atoms with Gasteiger partial charge in [0.2, 0.25) is 0 Å². The maximum Gasteiger partial charge on any atom is 0.130 e. The van der Waals surface area contributed by atoms with Gasteiger partial charge in [-0.1, -0.05) is 30.3 Å². The van der Waals surface area contributed by atoms with Gasteiger partial charge in [0.1, 0.15) is 11.6 Å². The van der Waals surface area contributed by atoms with E-state index in [4.69, 9.17) is 4.74 Å². The predicted molar refractivity (Wildman–Crippen MR) is 91.3 cm³/mol. The third-order valence-electron chi connectivity index (χ3n) is 4.17. The summed E-state index contributed by atoms with van der Waals surface area (Å²) in [5.74, 6) is 1.70. The van der Waals surface area contributed by atoms with Gasteiger partial charge >= 0.3 is 0 Å². The van der Waals surface area contributed by atoms with Crippen LogP contribution in [0.2, 0.25) is 0 Å². The summed E-state index contributed by atoms with van der Waals surface area (Å²) in [6.07, 6.45) is 1.15. The molecule has 0 unspecified atom stereocenters. The van der Waals surface area contributed by atoms with Gasteiger partial charge in [0, 0.05) is 32.8 Å². The highest BCUT2D eigenvalue weighted by Crippen LogP contribution is 2.34. The molecule has 0 aliphatic carbocycles. The van der Waals surface area contributed by atoms with Crippen molar-refractivity contribution >= 4 is 5.82 Å². The van der Waals surface area contributed by atoms with Crippen molar-refractivity contribution < 1.29 is 4.74 Å². The fourth-order valence-corrected chi connectivity index (χ4v) is 2.92. The molecule has 0 spiro atoms. The summed E-state index contributed by atoms with van der Waals surface area (Å²) in [6, 6.07) is 13.1. The minimum Gasteiger partial charge on any atom is -0.383 e. The van der Waals surface area contributed by atoms with Gasteiger partial charge in [-0.25, -0.2) is 9.97 Å². The van der Waals surface area contributed by atoms with Crippen LogP contribution in [-0.2, 0) is 11.3 Å². The first-order chi connectivity index (χ1) is 11.3. The van der Waals surface area contributed by atoms with E-state index in [9.17, 15) is 0 Å². The molecule has 1 aromatic carbocycles. The maximum atomic E-state index is 5.07. The van der Waals surface area contributed by atoms with E-state index in [-0.39, 0.29) is 0 Å². The largest absolute Gasteiger partial charge is 0.383 e. The first kappa shape index (κ1) is 15.9. The molecule has 0 amide bonds. The Balaban J connectivity index is 1.68. The van der Waals surface area contributed by atoms with Crippen molar-refractivity contribution in [1.82, 2.24) is 14.9 Å². The highest BCUT2D eigenvalue weighted by Gasteiger charge is 2.30. The standard InChI is InChI=1S/C18H24N4O/c1-14-20-16(12-18(21-14)19-9-11-23-2)17-8-10-22(17)13-15-6-4-3-5-7-15/h3-7,12,17H,8-11,13H2,1-2H3,(H,19,20,21)/t17-/m1/s1. The number of nitrogens with zero attached hydrogens (tertiary/aromatic N) is 3. The smallest absolute Gasteiger partial charge is 0.130 e. The SMILES string of the molecule is COCCNc1cc([C@H]2CCN2Cc2ccccc2)nc(C)n1. The van der Waals surface area contributed by atoms with Crippen molar-refractivity contribution in [3.8, 4) is 0 Å². The van der Waals surface area contributed by atoms with Gasteiger partial charge in [0.25, 0.3) is 0 Å². The van der Waals surface area contributed by atoms with E-state index in [1.54, 1.807) is 7.11 Å². The van der Waals surface area contributed by atoms with Gasteiger partial charge in [-0.2, -0.15) is 0 Å². The number of nitrogens with one attached hydrogen (secondary N) is 1. The first-order valence-electron chi connectivity index (χ1n) is 8.12. The van der Waals surface area contributed by atoms with Crippen molar-refractivity contribution in [3.63, 3.8) is 0 Å². The zero-order valence-electron chi connectivity index (χ0n) is 13.8. The molecule has 2 aromatic rings. The Morgan fingerprint density at radius 1 is 1.26 bits per heavy atom. The topological polar surface area (TPSA) is 50.3 Å². The summed E-state index contributed by atoms with van der Waals surface area (Å²) in [7, 11) is 1.70. The molecule has 0 saturated carbocycles. The van der Waals surface area contributed by atoms with Crippen molar-refractivity contribution in [3.05, 3.63) is 53.5 Å². The van der Waals surface area contributed by atoms with Gasteiger partial charge in [0.15, 0.2) is 0 Å². The molecule has 1 atom stereocenters. The molecule has 5 heteroatoms. The molecule has 3 rings (SSSR count). The number of benzene rings is 1. The molecule has 2 heterocycles. The highest BCUT2D eigenvalue weighted by atomic mass is 16.5. The average molecular weight is 312 g/mol. The lowest BCUT2D eigenvalue weighted by atomic mass is 9.98. The molecule has 1 N–H and O–H groups in total. The van der Waals surface area contributed by atoms with Gasteiger partial charge in [0.05, 0.1) is 18.3 Å². The minimum atomic E-state index is 0.389. The minimum absolute atomic E-state index is 0.389. The Morgan fingerprint density at radius 2 is 2.09 bits per heavy atom. The van der Waals surface area contributed by atoms with E-state index in [0.717, 1.165) is 43.4 Å². The second kappa shape index (κ2) is 7.53. The fraction of sp³-hybridized carbons (Fsp3) is 0.444. The van der Waals surface area contributed by atoms with Crippen molar-refractivity contribution in [1.29, 1.82) is 0 Å². The zero-order chi connectivity index (χ0) is 16.1. The fourth-order valence-electron chi connectivity index (χ4n) is 2.92. The van der Waals surface area contributed by atoms with Crippen molar-refractivity contribution in [2.75, 3.05) is 32.1 Å². The molecule has 0 bridgehead atoms. The quantitative estimate of drug-likeness (QED) is 0.797. The van der Waals surface area contributed by atoms with Crippen LogP contribution in [0.1, 0.15) is 29.5 Å². The van der Waals surface area contributed by atoms with E-state index in [0.29, 0.717) is 12.6 Å². The van der Waals surface area contributed by atoms with Crippen LogP contribution in [0.25, 0.3) is 0 Å². The third-order valence-corrected chi connectivity index (χ3v) is 4.17. The number of aromatic nitrogens is 2. The van der Waals surface area contributed by atoms with Crippen molar-refractivity contribution in [2.24, 2.45) is 0 Å². The van der Waals surface area contributed by atoms with Gasteiger partial charge < -0.3 is 10.1 Å². The second-order valence-electron chi connectivity index (χ2n) is 5.91. The monoisotopic (exact) mass is 312 g/mol. The van der Waals surface area contributed by atoms with Crippen LogP contribution in [0, 0.1) is 6.92 Å². The van der Waals surface area contributed by atoms with Crippen LogP contribution < -0.4 is 5.32 Å². The second-order valence-corrected chi connectivity index (χ2v) is 5.91. The molecule has 1 aromatic heterocycles. The lowest BCUT2D eigenvalue weighted by Gasteiger charge is -2.40. The Bertz CT molecular complexity index is 632. The number of hydrogen-bond acceptors (Lipinski definition) is 5. The average Bonchev–Trinajstić information content (AvgIpc) is 2.52. The summed E-state index contributed by atoms with van der Waals surface area (Å²) < 4.78 is 5.07. The number of methoxy groups -OCH3 is 1. The summed E-state index contributed by atoms with van der Waals surface area (Å²) in [5, 5.41) is 3.30. The summed E-state index contributed by atoms with van der Waals surface area (Å²) in [5.41, 5.74) is 2.46. The molecular weight excluding hydrogens is 288 g/mol. The molecule has 0 radical (unpaired) electrons. The van der Waals surface area contributed by atoms with Crippen LogP contribution in [0.5, 0.6) is 0 Å². The zero-order valence-corrected chi connectivity index (χ0v) is 13.8. The van der Waals surface area contributed by atoms with Gasteiger partial charge in [-0.15, -0.1) is 0 Å². The molecule has 1 fully saturated rings. The van der Waals surface area contributed by atoms with Crippen LogP contribution in [0.15, 0.2) is 36.4 Å². The van der Waals surface area contributed by atoms with E-state index in [1.807, 2.05) is 6.92 Å². The predicted octanol–water partition coefficient (Wildman–Crippen LogP) is 2.79. The number of aryl methyl sites for hydroxylation is 1. The third kappa shape index (κ3) is 4.06. The van der Waals surface area contributed by atoms with E-state index < -0.39 is 0 Å². The number of hydrogen-bond donors (Lipinski definition) is 1. The number of anilines is 1. The molecule has 23 heavy (non-hydrogen) atoms. The maximum absolute atomic E-state index is 5.07. The lowest BCUT2D eigenvalue weighted by molar-refractivity contribution is 0.0785. The van der Waals surface area contributed by atoms with E-state index in [2.05, 4.69) is 56.6 Å². The molecule has 1 aliphatic rings. The molecule has 1 aliphatic heterocycles. The lowest BCUT2D eigenvalue weighted by Crippen LogP contribution is -2.40. The first-order valence-corrected chi connectivity index (χ1v) is 8.12. The van der Waals surface area contributed by atoms with E-state index in [1.165, 1.54) is 5.56 Å². The van der Waals surface area contributed by atoms with Crippen LogP contribution in [-0.4, -0.2) is 41.7 Å². The molecule has 122 valence electrons. The Hall–Kier alpha value is -1.98. The molecule has 5 nitrogen and oxygen atoms in total. The summed E-state index contributed by atoms with van der Waals surface area (Å²) >= 11 is 0. The van der Waals surface area contributed by atoms with Gasteiger partial charge in [-0.3, -0.25) is 4.90 Å². The van der Waals surface area contributed by atoms with Crippen LogP contribution in [0.3, 0.4) is 0 Å². The highest BCUT2D eigenvalue weighted by molar-refractivity contribution is 5.37. The number of likely N-dealkylation sites (tertiary alicyclic amines) is 1. The van der Waals surface area contributed by atoms with Crippen molar-refractivity contribution in [2.45, 2.75) is 25.9 Å². The van der Waals surface area contributed by atoms with E-state index >= 15 is 0 Å². The van der Waals surface area contributed by atoms with Crippen LogP contribution >= 0.6 is 0 Å². The summed E-state index contributed by atoms with van der Waals surface area (Å²) in [6.45, 7) is 5.47. The number of ether oxygens (including phenoxy) is 1. The molecular formula is C18H24N4O. The Morgan fingerprint density at radius 3 is 2.78 bits per heavy atom.